The minimum absolute atomic E-state index is 0.228. The van der Waals surface area contributed by atoms with Crippen molar-refractivity contribution in [3.63, 3.8) is 0 Å². The Labute approximate surface area is 212 Å². The van der Waals surface area contributed by atoms with Crippen molar-refractivity contribution in [3.8, 4) is 12.3 Å². The molecule has 0 aliphatic heterocycles. The summed E-state index contributed by atoms with van der Waals surface area (Å²) in [6, 6.07) is 3.14. The lowest BCUT2D eigenvalue weighted by molar-refractivity contribution is 0.0592. The van der Waals surface area contributed by atoms with E-state index < -0.39 is 11.9 Å². The van der Waals surface area contributed by atoms with Crippen LogP contribution < -0.4 is 11.5 Å². The van der Waals surface area contributed by atoms with Crippen molar-refractivity contribution < 1.29 is 19.1 Å². The quantitative estimate of drug-likeness (QED) is 0.202. The number of terminal acetylenes is 1. The van der Waals surface area contributed by atoms with E-state index in [1.165, 1.54) is 20.3 Å². The van der Waals surface area contributed by atoms with Gasteiger partial charge in [0.15, 0.2) is 0 Å². The van der Waals surface area contributed by atoms with E-state index in [1.807, 2.05) is 52.1 Å². The van der Waals surface area contributed by atoms with Crippen LogP contribution in [0.2, 0.25) is 10.0 Å². The second-order valence-corrected chi connectivity index (χ2v) is 8.53. The van der Waals surface area contributed by atoms with Gasteiger partial charge in [0.1, 0.15) is 0 Å². The fourth-order valence-corrected chi connectivity index (χ4v) is 3.95. The Morgan fingerprint density at radius 2 is 1.43 bits per heavy atom. The zero-order valence-corrected chi connectivity index (χ0v) is 22.1. The minimum Gasteiger partial charge on any atom is -0.465 e. The molecule has 10 heteroatoms. The van der Waals surface area contributed by atoms with E-state index in [1.54, 1.807) is 6.07 Å². The van der Waals surface area contributed by atoms with Crippen LogP contribution in [0.1, 0.15) is 38.8 Å². The summed E-state index contributed by atoms with van der Waals surface area (Å²) in [5.74, 6) is 1.42. The van der Waals surface area contributed by atoms with Gasteiger partial charge >= 0.3 is 11.9 Å². The van der Waals surface area contributed by atoms with E-state index in [-0.39, 0.29) is 10.6 Å². The van der Waals surface area contributed by atoms with Crippen molar-refractivity contribution in [1.82, 2.24) is 0 Å². The van der Waals surface area contributed by atoms with Crippen molar-refractivity contribution in [1.29, 1.82) is 0 Å². The lowest BCUT2D eigenvalue weighted by Gasteiger charge is -2.11. The van der Waals surface area contributed by atoms with Gasteiger partial charge in [-0.1, -0.05) is 36.0 Å². The van der Waals surface area contributed by atoms with Gasteiger partial charge in [0, 0.05) is 11.3 Å². The van der Waals surface area contributed by atoms with E-state index >= 15 is 0 Å². The monoisotopic (exact) mass is 674 g/mol. The summed E-state index contributed by atoms with van der Waals surface area (Å²) in [4.78, 5) is 22.8. The number of hydrogen-bond donors (Lipinski definition) is 2. The molecular weight excluding hydrogens is 657 g/mol. The predicted molar refractivity (Wildman–Crippen MR) is 137 cm³/mol. The van der Waals surface area contributed by atoms with Gasteiger partial charge < -0.3 is 20.9 Å². The molecule has 2 aromatic rings. The molecule has 2 aromatic carbocycles. The molecule has 0 fully saturated rings. The molecule has 0 radical (unpaired) electrons. The van der Waals surface area contributed by atoms with Crippen LogP contribution in [-0.4, -0.2) is 26.2 Å². The number of hydrogen-bond acceptors (Lipinski definition) is 6. The number of benzene rings is 2. The number of aryl methyl sites for hydroxylation is 1. The van der Waals surface area contributed by atoms with Crippen LogP contribution in [0.3, 0.4) is 0 Å². The Morgan fingerprint density at radius 3 is 1.83 bits per heavy atom. The predicted octanol–water partition coefficient (Wildman–Crippen LogP) is 5.17. The van der Waals surface area contributed by atoms with Gasteiger partial charge in [-0.25, -0.2) is 9.59 Å². The molecule has 0 aliphatic carbocycles. The third-order valence-corrected chi connectivity index (χ3v) is 7.59. The van der Waals surface area contributed by atoms with Crippen LogP contribution in [0.15, 0.2) is 12.1 Å². The average Bonchev–Trinajstić information content (AvgIpc) is 2.75. The van der Waals surface area contributed by atoms with Crippen LogP contribution in [0.5, 0.6) is 0 Å². The summed E-state index contributed by atoms with van der Waals surface area (Å²) < 4.78 is 10.5. The molecule has 0 amide bonds. The maximum atomic E-state index is 11.4. The zero-order valence-electron chi connectivity index (χ0n) is 16.2. The first-order chi connectivity index (χ1) is 14.0. The summed E-state index contributed by atoms with van der Waals surface area (Å²) >= 11 is 15.9. The SMILES string of the molecule is C#Cc1cc(C(=O)OC)c(Cl)c(I)c1N.CCc1cc(C(=O)OC)c(Cl)c(I)c1N. The molecular formula is C20H18Cl2I2N2O4. The van der Waals surface area contributed by atoms with E-state index in [0.29, 0.717) is 34.7 Å². The third kappa shape index (κ3) is 5.84. The van der Waals surface area contributed by atoms with E-state index in [0.717, 1.165) is 12.0 Å². The van der Waals surface area contributed by atoms with Gasteiger partial charge in [-0.15, -0.1) is 6.42 Å². The lowest BCUT2D eigenvalue weighted by atomic mass is 10.1. The molecule has 2 rings (SSSR count). The largest absolute Gasteiger partial charge is 0.465 e. The Balaban J connectivity index is 0.000000300. The molecule has 0 unspecified atom stereocenters. The van der Waals surface area contributed by atoms with E-state index in [4.69, 9.17) is 41.1 Å². The van der Waals surface area contributed by atoms with Gasteiger partial charge in [-0.3, -0.25) is 0 Å². The van der Waals surface area contributed by atoms with Gasteiger partial charge in [0.05, 0.1) is 48.2 Å². The number of carbonyl (C=O) groups is 2. The van der Waals surface area contributed by atoms with Crippen molar-refractivity contribution in [2.45, 2.75) is 13.3 Å². The zero-order chi connectivity index (χ0) is 23.2. The number of methoxy groups -OCH3 is 2. The van der Waals surface area contributed by atoms with Crippen LogP contribution in [0, 0.1) is 19.5 Å². The highest BCUT2D eigenvalue weighted by atomic mass is 127. The maximum absolute atomic E-state index is 11.4. The number of halogens is 4. The number of carbonyl (C=O) groups excluding carboxylic acids is 2. The van der Waals surface area contributed by atoms with Gasteiger partial charge in [0.25, 0.3) is 0 Å². The normalized spacial score (nSPS) is 9.80. The number of nitrogen functional groups attached to an aromatic ring is 2. The number of ether oxygens (including phenoxy) is 2. The minimum atomic E-state index is -0.533. The molecule has 6 nitrogen and oxygen atoms in total. The molecule has 0 spiro atoms. The van der Waals surface area contributed by atoms with Crippen molar-refractivity contribution in [2.75, 3.05) is 25.7 Å². The Hall–Kier alpha value is -1.42. The van der Waals surface area contributed by atoms with Crippen molar-refractivity contribution >= 4 is 91.7 Å². The molecule has 0 heterocycles. The number of anilines is 2. The summed E-state index contributed by atoms with van der Waals surface area (Å²) in [6.07, 6.45) is 6.00. The first-order valence-electron chi connectivity index (χ1n) is 8.22. The van der Waals surface area contributed by atoms with Gasteiger partial charge in [0.2, 0.25) is 0 Å². The van der Waals surface area contributed by atoms with E-state index in [2.05, 4.69) is 15.4 Å². The number of nitrogens with two attached hydrogens (primary N) is 2. The summed E-state index contributed by atoms with van der Waals surface area (Å²) in [6.45, 7) is 1.97. The summed E-state index contributed by atoms with van der Waals surface area (Å²) in [5.41, 5.74) is 14.6. The average molecular weight is 675 g/mol. The van der Waals surface area contributed by atoms with Crippen LogP contribution in [0.25, 0.3) is 0 Å². The second-order valence-electron chi connectivity index (χ2n) is 5.62. The molecule has 0 bridgehead atoms. The molecule has 0 aliphatic rings. The van der Waals surface area contributed by atoms with Gasteiger partial charge in [-0.05, 0) is 69.3 Å². The highest BCUT2D eigenvalue weighted by molar-refractivity contribution is 14.1. The fraction of sp³-hybridized carbons (Fsp3) is 0.200. The van der Waals surface area contributed by atoms with Crippen LogP contribution in [-0.2, 0) is 15.9 Å². The highest BCUT2D eigenvalue weighted by Crippen LogP contribution is 2.32. The Bertz CT molecular complexity index is 1040. The first-order valence-corrected chi connectivity index (χ1v) is 11.1. The summed E-state index contributed by atoms with van der Waals surface area (Å²) in [5, 5.41) is 0.621. The third-order valence-electron chi connectivity index (χ3n) is 3.92. The molecule has 0 aromatic heterocycles. The topological polar surface area (TPSA) is 105 Å². The van der Waals surface area contributed by atoms with Gasteiger partial charge in [-0.2, -0.15) is 0 Å². The smallest absolute Gasteiger partial charge is 0.339 e. The highest BCUT2D eigenvalue weighted by Gasteiger charge is 2.18. The summed E-state index contributed by atoms with van der Waals surface area (Å²) in [7, 11) is 2.60. The Kier molecular flexibility index (Phi) is 10.5. The van der Waals surface area contributed by atoms with Crippen LogP contribution >= 0.6 is 68.4 Å². The van der Waals surface area contributed by atoms with Crippen molar-refractivity contribution in [3.05, 3.63) is 51.6 Å². The first kappa shape index (κ1) is 26.6. The molecule has 0 saturated heterocycles. The van der Waals surface area contributed by atoms with E-state index in [9.17, 15) is 9.59 Å². The lowest BCUT2D eigenvalue weighted by Crippen LogP contribution is -2.07. The molecule has 0 atom stereocenters. The number of esters is 2. The number of rotatable bonds is 3. The Morgan fingerprint density at radius 1 is 1.00 bits per heavy atom. The fourth-order valence-electron chi connectivity index (χ4n) is 2.26. The molecule has 4 N–H and O–H groups in total. The maximum Gasteiger partial charge on any atom is 0.339 e. The van der Waals surface area contributed by atoms with Crippen LogP contribution in [0.4, 0.5) is 11.4 Å². The second kappa shape index (κ2) is 11.8. The molecule has 30 heavy (non-hydrogen) atoms. The van der Waals surface area contributed by atoms with Crippen molar-refractivity contribution in [2.24, 2.45) is 0 Å². The molecule has 0 saturated carbocycles. The molecule has 160 valence electrons. The standard InChI is InChI=1S/C10H11ClINO2.C10H7ClINO2/c2*1-3-5-4-6(10(14)15-2)7(11)8(12)9(5)13/h4H,3,13H2,1-2H3;1,4H,13H2,2H3.